The van der Waals surface area contributed by atoms with Gasteiger partial charge in [0.25, 0.3) is 0 Å². The van der Waals surface area contributed by atoms with Crippen LogP contribution in [0.2, 0.25) is 0 Å². The minimum absolute atomic E-state index is 0.00170. The van der Waals surface area contributed by atoms with Crippen molar-refractivity contribution < 1.29 is 19.3 Å². The van der Waals surface area contributed by atoms with Gasteiger partial charge in [-0.15, -0.1) is 0 Å². The molecule has 25 heavy (non-hydrogen) atoms. The van der Waals surface area contributed by atoms with Crippen molar-refractivity contribution in [1.29, 1.82) is 0 Å². The highest BCUT2D eigenvalue weighted by Crippen LogP contribution is 2.74. The maximum atomic E-state index is 10.6. The molecule has 6 fully saturated rings. The van der Waals surface area contributed by atoms with E-state index in [1.807, 2.05) is 0 Å². The number of hydrogen-bond acceptors (Lipinski definition) is 4. The van der Waals surface area contributed by atoms with Gasteiger partial charge in [0, 0.05) is 18.3 Å². The van der Waals surface area contributed by atoms with E-state index in [1.165, 1.54) is 25.7 Å². The second kappa shape index (κ2) is 4.63. The summed E-state index contributed by atoms with van der Waals surface area (Å²) in [6.45, 7) is 6.35. The Morgan fingerprint density at radius 3 is 2.52 bits per heavy atom. The van der Waals surface area contributed by atoms with Crippen LogP contribution in [0.4, 0.5) is 0 Å². The van der Waals surface area contributed by atoms with Crippen LogP contribution in [0, 0.1) is 28.6 Å². The molecule has 4 heteroatoms. The maximum absolute atomic E-state index is 10.6. The molecular weight excluding hydrogens is 316 g/mol. The van der Waals surface area contributed by atoms with Gasteiger partial charge in [-0.1, -0.05) is 13.8 Å². The van der Waals surface area contributed by atoms with E-state index in [2.05, 4.69) is 13.8 Å². The van der Waals surface area contributed by atoms with E-state index in [4.69, 9.17) is 14.2 Å². The average Bonchev–Trinajstić information content (AvgIpc) is 2.94. The standard InChI is InChI=1S/C21H32O4/c1-18-6-5-15-13(14(18)3-4-16(18)22)11-17-21(25-17)12-20(23-9-10-24-20)8-7-19(15,21)2/h13-17,22H,3-12H2,1-2H3/t13?,14?,15?,16-,17?,18-,19+,21?/m0/s1. The largest absolute Gasteiger partial charge is 0.393 e. The third-order valence-electron chi connectivity index (χ3n) is 9.84. The van der Waals surface area contributed by atoms with Gasteiger partial charge in [-0.05, 0) is 61.7 Å². The second-order valence-corrected chi connectivity index (χ2v) is 10.4. The van der Waals surface area contributed by atoms with Crippen molar-refractivity contribution in [3.05, 3.63) is 0 Å². The van der Waals surface area contributed by atoms with Crippen molar-refractivity contribution in [1.82, 2.24) is 0 Å². The van der Waals surface area contributed by atoms with Crippen LogP contribution in [0.1, 0.15) is 65.2 Å². The summed E-state index contributed by atoms with van der Waals surface area (Å²) in [6.07, 6.45) is 9.29. The first-order valence-corrected chi connectivity index (χ1v) is 10.6. The first-order chi connectivity index (χ1) is 11.9. The fourth-order valence-electron chi connectivity index (χ4n) is 8.34. The van der Waals surface area contributed by atoms with Crippen LogP contribution in [0.15, 0.2) is 0 Å². The molecule has 140 valence electrons. The predicted molar refractivity (Wildman–Crippen MR) is 91.9 cm³/mol. The summed E-state index contributed by atoms with van der Waals surface area (Å²) in [5.41, 5.74) is 0.414. The molecule has 0 aromatic heterocycles. The average molecular weight is 348 g/mol. The Kier molecular flexibility index (Phi) is 2.93. The molecule has 4 nitrogen and oxygen atoms in total. The van der Waals surface area contributed by atoms with Gasteiger partial charge >= 0.3 is 0 Å². The van der Waals surface area contributed by atoms with Gasteiger partial charge in [0.1, 0.15) is 5.60 Å². The fourth-order valence-corrected chi connectivity index (χ4v) is 8.34. The number of epoxide rings is 1. The van der Waals surface area contributed by atoms with E-state index in [0.717, 1.165) is 50.7 Å². The molecular formula is C21H32O4. The van der Waals surface area contributed by atoms with Crippen LogP contribution in [-0.4, -0.2) is 41.9 Å². The maximum Gasteiger partial charge on any atom is 0.171 e. The van der Waals surface area contributed by atoms with Crippen LogP contribution in [0.3, 0.4) is 0 Å². The van der Waals surface area contributed by atoms with Crippen molar-refractivity contribution in [2.45, 2.75) is 88.8 Å². The molecule has 0 aromatic rings. The molecule has 2 heterocycles. The first kappa shape index (κ1) is 15.9. The molecule has 2 spiro atoms. The quantitative estimate of drug-likeness (QED) is 0.683. The monoisotopic (exact) mass is 348 g/mol. The van der Waals surface area contributed by atoms with Crippen LogP contribution in [-0.2, 0) is 14.2 Å². The summed E-state index contributed by atoms with van der Waals surface area (Å²) < 4.78 is 18.7. The highest BCUT2D eigenvalue weighted by Gasteiger charge is 2.78. The van der Waals surface area contributed by atoms with Crippen molar-refractivity contribution in [3.8, 4) is 0 Å². The molecule has 0 bridgehead atoms. The Labute approximate surface area is 150 Å². The minimum atomic E-state index is -0.353. The molecule has 0 radical (unpaired) electrons. The fraction of sp³-hybridized carbons (Fsp3) is 1.00. The molecule has 8 atom stereocenters. The topological polar surface area (TPSA) is 51.2 Å². The zero-order valence-electron chi connectivity index (χ0n) is 15.6. The molecule has 2 saturated heterocycles. The lowest BCUT2D eigenvalue weighted by molar-refractivity contribution is -0.227. The Morgan fingerprint density at radius 2 is 1.72 bits per heavy atom. The van der Waals surface area contributed by atoms with Crippen LogP contribution >= 0.6 is 0 Å². The third kappa shape index (κ3) is 1.74. The summed E-state index contributed by atoms with van der Waals surface area (Å²) in [7, 11) is 0. The zero-order chi connectivity index (χ0) is 17.1. The van der Waals surface area contributed by atoms with E-state index in [1.54, 1.807) is 0 Å². The molecule has 0 aromatic carbocycles. The Balaban J connectivity index is 1.35. The number of aliphatic hydroxyl groups excluding tert-OH is 1. The molecule has 0 amide bonds. The molecule has 2 aliphatic heterocycles. The van der Waals surface area contributed by atoms with E-state index in [9.17, 15) is 5.11 Å². The van der Waals surface area contributed by atoms with E-state index >= 15 is 0 Å². The van der Waals surface area contributed by atoms with Crippen molar-refractivity contribution in [2.75, 3.05) is 13.2 Å². The van der Waals surface area contributed by atoms with Crippen molar-refractivity contribution >= 4 is 0 Å². The summed E-state index contributed by atoms with van der Waals surface area (Å²) in [5, 5.41) is 10.6. The molecule has 6 aliphatic rings. The SMILES string of the molecule is C[C@]12CCC3C(CC4OC45CC4(CC[C@]35C)OCCO4)C1CC[C@@H]2O. The molecule has 6 rings (SSSR count). The van der Waals surface area contributed by atoms with Gasteiger partial charge in [0.15, 0.2) is 5.79 Å². The number of ether oxygens (including phenoxy) is 3. The smallest absolute Gasteiger partial charge is 0.171 e. The highest BCUT2D eigenvalue weighted by atomic mass is 16.7. The first-order valence-electron chi connectivity index (χ1n) is 10.6. The molecule has 4 aliphatic carbocycles. The van der Waals surface area contributed by atoms with Gasteiger partial charge in [-0.25, -0.2) is 0 Å². The van der Waals surface area contributed by atoms with E-state index < -0.39 is 0 Å². The number of rotatable bonds is 0. The van der Waals surface area contributed by atoms with E-state index in [-0.39, 0.29) is 28.3 Å². The van der Waals surface area contributed by atoms with Gasteiger partial charge in [0.2, 0.25) is 0 Å². The lowest BCUT2D eigenvalue weighted by Crippen LogP contribution is -2.61. The van der Waals surface area contributed by atoms with E-state index in [0.29, 0.717) is 12.0 Å². The van der Waals surface area contributed by atoms with Gasteiger partial charge in [-0.2, -0.15) is 0 Å². The summed E-state index contributed by atoms with van der Waals surface area (Å²) in [4.78, 5) is 0. The highest BCUT2D eigenvalue weighted by molar-refractivity contribution is 5.25. The summed E-state index contributed by atoms with van der Waals surface area (Å²) in [6, 6.07) is 0. The van der Waals surface area contributed by atoms with Crippen molar-refractivity contribution in [3.63, 3.8) is 0 Å². The molecule has 5 unspecified atom stereocenters. The zero-order valence-corrected chi connectivity index (χ0v) is 15.6. The minimum Gasteiger partial charge on any atom is -0.393 e. The second-order valence-electron chi connectivity index (χ2n) is 10.4. The summed E-state index contributed by atoms with van der Waals surface area (Å²) in [5.74, 6) is 1.82. The Morgan fingerprint density at radius 1 is 0.920 bits per heavy atom. The third-order valence-corrected chi connectivity index (χ3v) is 9.84. The van der Waals surface area contributed by atoms with Crippen LogP contribution in [0.5, 0.6) is 0 Å². The predicted octanol–water partition coefficient (Wildman–Crippen LogP) is 3.26. The normalized spacial score (nSPS) is 61.3. The van der Waals surface area contributed by atoms with Crippen LogP contribution in [0.25, 0.3) is 0 Å². The Bertz CT molecular complexity index is 601. The lowest BCUT2D eigenvalue weighted by Gasteiger charge is -2.59. The molecule has 4 saturated carbocycles. The van der Waals surface area contributed by atoms with Crippen molar-refractivity contribution in [2.24, 2.45) is 28.6 Å². The number of aliphatic hydroxyl groups is 1. The molecule has 1 N–H and O–H groups in total. The number of hydrogen-bond donors (Lipinski definition) is 1. The van der Waals surface area contributed by atoms with Crippen LogP contribution < -0.4 is 0 Å². The van der Waals surface area contributed by atoms with Gasteiger partial charge < -0.3 is 19.3 Å². The van der Waals surface area contributed by atoms with Gasteiger partial charge in [-0.3, -0.25) is 0 Å². The number of fused-ring (bicyclic) bond motifs is 4. The lowest BCUT2D eigenvalue weighted by atomic mass is 9.44. The Hall–Kier alpha value is -0.160. The van der Waals surface area contributed by atoms with Gasteiger partial charge in [0.05, 0.1) is 25.4 Å². The summed E-state index contributed by atoms with van der Waals surface area (Å²) >= 11 is 0.